The Balaban J connectivity index is 3.16. The molecule has 0 unspecified atom stereocenters. The lowest BCUT2D eigenvalue weighted by Crippen LogP contribution is -2.41. The van der Waals surface area contributed by atoms with Crippen LogP contribution < -0.4 is 11.1 Å². The molecule has 11 nitrogen and oxygen atoms in total. The molecule has 24 heavy (non-hydrogen) atoms. The Labute approximate surface area is 134 Å². The third-order valence-corrected chi connectivity index (χ3v) is 2.98. The molecule has 128 valence electrons. The van der Waals surface area contributed by atoms with Gasteiger partial charge in [0.25, 0.3) is 11.6 Å². The second-order valence-electron chi connectivity index (χ2n) is 4.63. The van der Waals surface area contributed by atoms with Crippen molar-refractivity contribution in [1.29, 1.82) is 0 Å². The molecule has 0 aliphatic heterocycles. The van der Waals surface area contributed by atoms with E-state index in [2.05, 4.69) is 0 Å². The highest BCUT2D eigenvalue weighted by Gasteiger charge is 2.29. The van der Waals surface area contributed by atoms with E-state index in [0.717, 1.165) is 18.2 Å². The van der Waals surface area contributed by atoms with E-state index >= 15 is 0 Å². The molecule has 0 spiro atoms. The van der Waals surface area contributed by atoms with Gasteiger partial charge in [0.2, 0.25) is 5.91 Å². The van der Waals surface area contributed by atoms with Crippen molar-refractivity contribution in [2.75, 3.05) is 0 Å². The minimum Gasteiger partial charge on any atom is -0.480 e. The third-order valence-electron chi connectivity index (χ3n) is 2.98. The molecule has 0 fully saturated rings. The van der Waals surface area contributed by atoms with Crippen LogP contribution in [0.2, 0.25) is 0 Å². The maximum Gasteiger partial charge on any atom is 0.343 e. The Kier molecular flexibility index (Phi) is 5.93. The van der Waals surface area contributed by atoms with Gasteiger partial charge in [0.1, 0.15) is 11.6 Å². The number of aliphatic carboxylic acids is 1. The van der Waals surface area contributed by atoms with E-state index in [0.29, 0.717) is 0 Å². The van der Waals surface area contributed by atoms with Crippen LogP contribution in [0.1, 0.15) is 33.6 Å². The average Bonchev–Trinajstić information content (AvgIpc) is 2.49. The van der Waals surface area contributed by atoms with Gasteiger partial charge in [-0.2, -0.15) is 0 Å². The first-order chi connectivity index (χ1) is 11.1. The number of carbonyl (C=O) groups is 4. The van der Waals surface area contributed by atoms with Gasteiger partial charge in [-0.3, -0.25) is 19.7 Å². The summed E-state index contributed by atoms with van der Waals surface area (Å²) in [5, 5.41) is 31.0. The number of carboxylic acids is 2. The number of rotatable bonds is 8. The van der Waals surface area contributed by atoms with Gasteiger partial charge in [-0.25, -0.2) is 9.59 Å². The van der Waals surface area contributed by atoms with Gasteiger partial charge in [-0.1, -0.05) is 6.07 Å². The molecule has 0 heterocycles. The minimum atomic E-state index is -1.71. The fourth-order valence-electron chi connectivity index (χ4n) is 1.89. The zero-order valence-electron chi connectivity index (χ0n) is 12.1. The first kappa shape index (κ1) is 18.5. The number of amides is 2. The number of carboxylic acid groups (broad SMARTS) is 2. The largest absolute Gasteiger partial charge is 0.480 e. The number of nitrogens with one attached hydrogen (secondary N) is 1. The Morgan fingerprint density at radius 3 is 2.33 bits per heavy atom. The lowest BCUT2D eigenvalue weighted by molar-refractivity contribution is -0.385. The topological polar surface area (TPSA) is 190 Å². The molecular weight excluding hydrogens is 326 g/mol. The molecule has 11 heteroatoms. The van der Waals surface area contributed by atoms with Gasteiger partial charge in [0, 0.05) is 12.5 Å². The molecule has 0 aliphatic carbocycles. The number of nitro groups is 1. The van der Waals surface area contributed by atoms with Crippen molar-refractivity contribution < 1.29 is 34.3 Å². The van der Waals surface area contributed by atoms with E-state index in [1.165, 1.54) is 0 Å². The van der Waals surface area contributed by atoms with Gasteiger partial charge >= 0.3 is 11.9 Å². The number of benzene rings is 1. The molecule has 1 aromatic rings. The van der Waals surface area contributed by atoms with E-state index in [9.17, 15) is 29.3 Å². The Morgan fingerprint density at radius 1 is 1.25 bits per heavy atom. The van der Waals surface area contributed by atoms with Crippen molar-refractivity contribution in [2.45, 2.75) is 18.9 Å². The zero-order chi connectivity index (χ0) is 18.4. The smallest absolute Gasteiger partial charge is 0.343 e. The van der Waals surface area contributed by atoms with Gasteiger partial charge < -0.3 is 21.3 Å². The molecule has 0 aliphatic rings. The first-order valence-electron chi connectivity index (χ1n) is 6.47. The van der Waals surface area contributed by atoms with Crippen LogP contribution in [-0.4, -0.2) is 44.9 Å². The number of nitrogens with two attached hydrogens (primary N) is 1. The van der Waals surface area contributed by atoms with Gasteiger partial charge in [-0.05, 0) is 12.5 Å². The predicted molar refractivity (Wildman–Crippen MR) is 77.4 cm³/mol. The number of carbonyl (C=O) groups excluding carboxylic acids is 2. The summed E-state index contributed by atoms with van der Waals surface area (Å²) in [5.41, 5.74) is 2.67. The summed E-state index contributed by atoms with van der Waals surface area (Å²) in [4.78, 5) is 55.0. The number of hydrogen-bond acceptors (Lipinski definition) is 6. The van der Waals surface area contributed by atoms with Crippen LogP contribution in [0, 0.1) is 10.1 Å². The van der Waals surface area contributed by atoms with Crippen LogP contribution in [0.3, 0.4) is 0 Å². The van der Waals surface area contributed by atoms with E-state index in [1.54, 1.807) is 0 Å². The molecule has 5 N–H and O–H groups in total. The third kappa shape index (κ3) is 4.50. The summed E-state index contributed by atoms with van der Waals surface area (Å²) in [6.45, 7) is 0. The van der Waals surface area contributed by atoms with Crippen LogP contribution in [0.5, 0.6) is 0 Å². The number of primary amides is 1. The van der Waals surface area contributed by atoms with Crippen LogP contribution in [-0.2, 0) is 9.59 Å². The molecule has 2 amide bonds. The van der Waals surface area contributed by atoms with Crippen molar-refractivity contribution >= 4 is 29.4 Å². The summed E-state index contributed by atoms with van der Waals surface area (Å²) in [7, 11) is 0. The SMILES string of the molecule is NC(=O)CC[C@@H](NC(=O)c1cccc([N+](=O)[O-])c1C(=O)O)C(=O)O. The molecule has 0 saturated heterocycles. The Hall–Kier alpha value is -3.50. The highest BCUT2D eigenvalue weighted by molar-refractivity contribution is 6.08. The summed E-state index contributed by atoms with van der Waals surface area (Å²) < 4.78 is 0. The van der Waals surface area contributed by atoms with E-state index < -0.39 is 51.5 Å². The van der Waals surface area contributed by atoms with Crippen LogP contribution in [0.15, 0.2) is 18.2 Å². The fourth-order valence-corrected chi connectivity index (χ4v) is 1.89. The maximum atomic E-state index is 12.1. The van der Waals surface area contributed by atoms with Gasteiger partial charge in [0.15, 0.2) is 0 Å². The van der Waals surface area contributed by atoms with Crippen molar-refractivity contribution in [3.63, 3.8) is 0 Å². The van der Waals surface area contributed by atoms with E-state index in [4.69, 9.17) is 15.9 Å². The Bertz CT molecular complexity index is 715. The van der Waals surface area contributed by atoms with Crippen molar-refractivity contribution in [1.82, 2.24) is 5.32 Å². The van der Waals surface area contributed by atoms with E-state index in [1.807, 2.05) is 5.32 Å². The molecular formula is C13H13N3O8. The predicted octanol–water partition coefficient (Wildman–Crippen LogP) is -0.259. The first-order valence-corrected chi connectivity index (χ1v) is 6.47. The van der Waals surface area contributed by atoms with Crippen molar-refractivity contribution in [3.8, 4) is 0 Å². The second-order valence-corrected chi connectivity index (χ2v) is 4.63. The van der Waals surface area contributed by atoms with Gasteiger partial charge in [-0.15, -0.1) is 0 Å². The number of aromatic carboxylic acids is 1. The molecule has 1 rings (SSSR count). The average molecular weight is 339 g/mol. The zero-order valence-corrected chi connectivity index (χ0v) is 12.1. The number of hydrogen-bond donors (Lipinski definition) is 4. The molecule has 1 aromatic carbocycles. The summed E-state index contributed by atoms with van der Waals surface area (Å²) in [6, 6.07) is 1.50. The standard InChI is InChI=1S/C13H13N3O8/c14-9(17)5-4-7(12(19)20)15-11(18)6-2-1-3-8(16(23)24)10(6)13(21)22/h1-3,7H,4-5H2,(H2,14,17)(H,15,18)(H,19,20)(H,21,22)/t7-/m1/s1. The number of nitro benzene ring substituents is 1. The minimum absolute atomic E-state index is 0.312. The normalized spacial score (nSPS) is 11.3. The van der Waals surface area contributed by atoms with E-state index in [-0.39, 0.29) is 12.8 Å². The monoisotopic (exact) mass is 339 g/mol. The lowest BCUT2D eigenvalue weighted by Gasteiger charge is -2.14. The summed E-state index contributed by atoms with van der Waals surface area (Å²) in [5.74, 6) is -5.09. The van der Waals surface area contributed by atoms with Crippen LogP contribution >= 0.6 is 0 Å². The maximum absolute atomic E-state index is 12.1. The summed E-state index contributed by atoms with van der Waals surface area (Å²) >= 11 is 0. The highest BCUT2D eigenvalue weighted by atomic mass is 16.6. The quantitative estimate of drug-likeness (QED) is 0.367. The van der Waals surface area contributed by atoms with Crippen LogP contribution in [0.4, 0.5) is 5.69 Å². The summed E-state index contributed by atoms with van der Waals surface area (Å²) in [6.07, 6.45) is -0.633. The van der Waals surface area contributed by atoms with Crippen molar-refractivity contribution in [3.05, 3.63) is 39.4 Å². The molecule has 1 atom stereocenters. The van der Waals surface area contributed by atoms with Crippen LogP contribution in [0.25, 0.3) is 0 Å². The molecule has 0 radical (unpaired) electrons. The highest BCUT2D eigenvalue weighted by Crippen LogP contribution is 2.22. The number of nitrogens with zero attached hydrogens (tertiary/aromatic N) is 1. The molecule has 0 aromatic heterocycles. The lowest BCUT2D eigenvalue weighted by atomic mass is 10.0. The molecule has 0 saturated carbocycles. The fraction of sp³-hybridized carbons (Fsp3) is 0.231. The molecule has 0 bridgehead atoms. The van der Waals surface area contributed by atoms with Gasteiger partial charge in [0.05, 0.1) is 10.5 Å². The van der Waals surface area contributed by atoms with Crippen molar-refractivity contribution in [2.24, 2.45) is 5.73 Å². The second kappa shape index (κ2) is 7.67. The Morgan fingerprint density at radius 2 is 1.88 bits per heavy atom.